The van der Waals surface area contributed by atoms with Crippen molar-refractivity contribution < 1.29 is 178 Å². The monoisotopic (exact) mass is 1900 g/mol. The lowest BCUT2D eigenvalue weighted by Crippen LogP contribution is -1.96. The van der Waals surface area contributed by atoms with Crippen LogP contribution in [0.4, 0.5) is 62.6 Å². The molecule has 13 N–H and O–H groups in total. The number of phenolic OH excluding ortho intramolecular Hbond substituents is 13. The maximum atomic E-state index is 10.4. The van der Waals surface area contributed by atoms with E-state index in [1.807, 2.05) is 0 Å². The van der Waals surface area contributed by atoms with Crippen LogP contribution in [0.5, 0.6) is 74.7 Å². The Balaban J connectivity index is 0.000000750. The number of nitro groups is 11. The van der Waals surface area contributed by atoms with Gasteiger partial charge in [-0.2, -0.15) is 0 Å². The van der Waals surface area contributed by atoms with Crippen molar-refractivity contribution in [3.05, 3.63) is 360 Å². The van der Waals surface area contributed by atoms with E-state index in [9.17, 15) is 169 Å². The Labute approximate surface area is 748 Å². The molecule has 0 heterocycles. The van der Waals surface area contributed by atoms with Gasteiger partial charge in [-0.05, 0) is 60.7 Å². The maximum absolute atomic E-state index is 10.4. The first-order valence-electron chi connectivity index (χ1n) is 34.5. The lowest BCUT2D eigenvalue weighted by molar-refractivity contribution is -0.396. The first-order valence-corrected chi connectivity index (χ1v) is 34.5. The zero-order valence-corrected chi connectivity index (χ0v) is 66.9. The minimum absolute atomic E-state index is 0.0606. The van der Waals surface area contributed by atoms with E-state index < -0.39 is 180 Å². The third kappa shape index (κ3) is 35.4. The minimum Gasteiger partial charge on any atom is -0.504 e. The molecule has 0 unspecified atom stereocenters. The van der Waals surface area contributed by atoms with Crippen molar-refractivity contribution in [2.24, 2.45) is 0 Å². The molecular formula is C78H55N11O47. The smallest absolute Gasteiger partial charge is 0.318 e. The van der Waals surface area contributed by atoms with E-state index >= 15 is 0 Å². The van der Waals surface area contributed by atoms with E-state index in [2.05, 4.69) is 0 Å². The number of carbonyl (C=O) groups is 12. The molecule has 0 aliphatic heterocycles. The Hall–Kier alpha value is -21.7. The highest BCUT2D eigenvalue weighted by Gasteiger charge is 2.28. The van der Waals surface area contributed by atoms with E-state index in [1.165, 1.54) is 54.6 Å². The van der Waals surface area contributed by atoms with Crippen molar-refractivity contribution in [3.8, 4) is 74.7 Å². The molecule has 11 aromatic rings. The van der Waals surface area contributed by atoms with Gasteiger partial charge in [0.25, 0.3) is 34.2 Å². The van der Waals surface area contributed by atoms with Crippen LogP contribution in [0.2, 0.25) is 0 Å². The standard InChI is InChI=1S/C8H6O2.2C7H4N2O6.C7H4N2O5.2C7H5NO5.2C7H5NO4.C7H5NO3.C7H6O4.C7H6O3/c9-5-7-3-1-2-4-8(7)6-10;10-3-4-1-5(8(12)13)2-6(7(4)11)9(14)15;10-3-4-1-5(8(12)13)7(11)6(2-4)9(14)15;10-4-5-1-6(8(11)12)3-7(2-5)9(13)14;9-3-4-1-6(10)7(11)2-5(4)8(12)13;9-3-4-1-5(8(12)13)7(11)6(10)2-4;9-4-5-1-2-7(10)6(3-5)8(11)12;9-4-5-1-2-6(8(11)12)7(10)3-5;9-5-6-2-1-3-7(4-6)8(10)11;8-3-4-1-5(9)7(11)6(10)2-4;8-4-5-1-2-6(9)7(10)3-5/h1-6H;2*1-3,11H;1-4H;2*1-3,10-11H;2*1-4,10H;1-5H;1-3,9-11H;1-4,9-10H. The summed E-state index contributed by atoms with van der Waals surface area (Å²) < 4.78 is 0. The molecule has 704 valence electrons. The molecule has 0 saturated carbocycles. The van der Waals surface area contributed by atoms with Gasteiger partial charge < -0.3 is 66.4 Å². The summed E-state index contributed by atoms with van der Waals surface area (Å²) in [4.78, 5) is 227. The van der Waals surface area contributed by atoms with Crippen LogP contribution >= 0.6 is 0 Å². The van der Waals surface area contributed by atoms with Gasteiger partial charge in [0.15, 0.2) is 95.2 Å². The van der Waals surface area contributed by atoms with Crippen LogP contribution in [0.25, 0.3) is 0 Å². The van der Waals surface area contributed by atoms with E-state index in [-0.39, 0.29) is 75.0 Å². The van der Waals surface area contributed by atoms with Gasteiger partial charge in [0, 0.05) is 122 Å². The van der Waals surface area contributed by atoms with Crippen molar-refractivity contribution >= 4 is 138 Å². The third-order valence-electron chi connectivity index (χ3n) is 15.1. The molecule has 0 aromatic heterocycles. The summed E-state index contributed by atoms with van der Waals surface area (Å²) in [5.41, 5.74) is -5.47. The van der Waals surface area contributed by atoms with Crippen LogP contribution in [0.15, 0.2) is 182 Å². The number of nitro benzene ring substituents is 11. The second-order valence-electron chi connectivity index (χ2n) is 24.0. The molecule has 0 aliphatic rings. The first-order chi connectivity index (χ1) is 63.9. The average molecular weight is 1900 g/mol. The van der Waals surface area contributed by atoms with Crippen LogP contribution in [0, 0.1) is 111 Å². The summed E-state index contributed by atoms with van der Waals surface area (Å²) in [6.07, 6.45) is 5.17. The number of aromatic hydroxyl groups is 13. The molecule has 0 aliphatic carbocycles. The van der Waals surface area contributed by atoms with Crippen molar-refractivity contribution in [1.82, 2.24) is 0 Å². The summed E-state index contributed by atoms with van der Waals surface area (Å²) in [5.74, 6) is -7.70. The third-order valence-corrected chi connectivity index (χ3v) is 15.1. The molecule has 11 rings (SSSR count). The average Bonchev–Trinajstić information content (AvgIpc) is 0.817. The fourth-order valence-corrected chi connectivity index (χ4v) is 8.77. The van der Waals surface area contributed by atoms with Crippen LogP contribution in [-0.4, -0.2) is 196 Å². The number of hydrogen-bond acceptors (Lipinski definition) is 47. The Morgan fingerprint density at radius 3 is 0.831 bits per heavy atom. The highest BCUT2D eigenvalue weighted by atomic mass is 16.7. The number of rotatable bonds is 23. The van der Waals surface area contributed by atoms with Crippen LogP contribution in [0.1, 0.15) is 124 Å². The molecule has 0 fully saturated rings. The van der Waals surface area contributed by atoms with Crippen molar-refractivity contribution in [3.63, 3.8) is 0 Å². The Morgan fingerprint density at radius 2 is 0.456 bits per heavy atom. The molecule has 0 radical (unpaired) electrons. The molecule has 0 atom stereocenters. The molecular weight excluding hydrogens is 1840 g/mol. The van der Waals surface area contributed by atoms with E-state index in [4.69, 9.17) is 66.4 Å². The minimum atomic E-state index is -1.06. The summed E-state index contributed by atoms with van der Waals surface area (Å²) in [5, 5.41) is 229. The van der Waals surface area contributed by atoms with Gasteiger partial charge >= 0.3 is 34.1 Å². The van der Waals surface area contributed by atoms with Crippen LogP contribution in [-0.2, 0) is 0 Å². The van der Waals surface area contributed by atoms with Crippen LogP contribution in [0.3, 0.4) is 0 Å². The van der Waals surface area contributed by atoms with E-state index in [0.717, 1.165) is 97.1 Å². The van der Waals surface area contributed by atoms with Gasteiger partial charge in [0.2, 0.25) is 11.5 Å². The number of aldehydes is 12. The van der Waals surface area contributed by atoms with Crippen molar-refractivity contribution in [2.75, 3.05) is 0 Å². The second-order valence-corrected chi connectivity index (χ2v) is 24.0. The fourth-order valence-electron chi connectivity index (χ4n) is 8.77. The summed E-state index contributed by atoms with van der Waals surface area (Å²) in [6.45, 7) is 0. The number of benzene rings is 11. The molecule has 0 amide bonds. The Morgan fingerprint density at radius 1 is 0.162 bits per heavy atom. The molecule has 58 nitrogen and oxygen atoms in total. The topological polar surface area (TPSA) is 942 Å². The molecule has 0 bridgehead atoms. The largest absolute Gasteiger partial charge is 0.504 e. The van der Waals surface area contributed by atoms with Gasteiger partial charge in [-0.1, -0.05) is 36.4 Å². The van der Waals surface area contributed by atoms with Gasteiger partial charge in [-0.25, -0.2) is 0 Å². The second kappa shape index (κ2) is 54.9. The zero-order chi connectivity index (χ0) is 104. The lowest BCUT2D eigenvalue weighted by atomic mass is 10.1. The van der Waals surface area contributed by atoms with Crippen LogP contribution < -0.4 is 0 Å². The van der Waals surface area contributed by atoms with Crippen molar-refractivity contribution in [1.29, 1.82) is 0 Å². The van der Waals surface area contributed by atoms with Crippen molar-refractivity contribution in [2.45, 2.75) is 0 Å². The fraction of sp³-hybridized carbons (Fsp3) is 0. The lowest BCUT2D eigenvalue weighted by Gasteiger charge is -1.99. The normalized spacial score (nSPS) is 9.38. The molecule has 58 heteroatoms. The predicted molar refractivity (Wildman–Crippen MR) is 450 cm³/mol. The first kappa shape index (κ1) is 112. The summed E-state index contributed by atoms with van der Waals surface area (Å²) in [6, 6.07) is 34.0. The predicted octanol–water partition coefficient (Wildman–Crippen LogP) is 11.5. The molecule has 0 saturated heterocycles. The highest BCUT2D eigenvalue weighted by Crippen LogP contribution is 2.40. The quantitative estimate of drug-likeness (QED) is 0.0122. The number of nitrogens with zero attached hydrogens (tertiary/aromatic N) is 11. The Kier molecular flexibility index (Phi) is 45.3. The van der Waals surface area contributed by atoms with Gasteiger partial charge in [0.05, 0.1) is 83.5 Å². The van der Waals surface area contributed by atoms with E-state index in [1.54, 1.807) is 24.3 Å². The Bertz CT molecular complexity index is 6350. The van der Waals surface area contributed by atoms with Gasteiger partial charge in [-0.3, -0.25) is 169 Å². The highest BCUT2D eigenvalue weighted by molar-refractivity contribution is 5.90. The molecule has 0 spiro atoms. The number of phenols is 13. The molecule has 136 heavy (non-hydrogen) atoms. The summed E-state index contributed by atoms with van der Waals surface area (Å²) >= 11 is 0. The number of carbonyl (C=O) groups excluding carboxylic acids is 12. The number of non-ortho nitro benzene ring substituents is 4. The van der Waals surface area contributed by atoms with Gasteiger partial charge in [-0.15, -0.1) is 0 Å². The van der Waals surface area contributed by atoms with Gasteiger partial charge in [0.1, 0.15) is 37.7 Å². The van der Waals surface area contributed by atoms with E-state index in [0.29, 0.717) is 84.9 Å². The zero-order valence-electron chi connectivity index (χ0n) is 66.9. The molecule has 11 aromatic carbocycles. The number of hydrogen-bond donors (Lipinski definition) is 13. The maximum Gasteiger partial charge on any atom is 0.318 e. The summed E-state index contributed by atoms with van der Waals surface area (Å²) in [7, 11) is 0. The SMILES string of the molecule is O=Cc1cc(O)c(O)c(O)c1.O=Cc1cc(O)c(O)c([N+](=O)[O-])c1.O=Cc1cc(O)c(O)cc1[N+](=O)[O-].O=Cc1cc([N+](=O)[O-])c(O)c([N+](=O)[O-])c1.O=Cc1cc([N+](=O)[O-])cc([N+](=O)[O-])c1.O=Cc1cc([N+](=O)[O-])cc([N+](=O)[O-])c1O.O=Cc1ccc(O)c(O)c1.O=Cc1ccc(O)c([N+](=O)[O-])c1.O=Cc1ccc([N+](=O)[O-])c(O)c1.O=Cc1cccc([N+](=O)[O-])c1.O=Cc1ccccc1C=O.